The maximum absolute atomic E-state index is 10.6. The van der Waals surface area contributed by atoms with Gasteiger partial charge in [0, 0.05) is 50.6 Å². The Bertz CT molecular complexity index is 768. The highest BCUT2D eigenvalue weighted by Crippen LogP contribution is 2.15. The van der Waals surface area contributed by atoms with Gasteiger partial charge in [0.15, 0.2) is 0 Å². The number of aliphatic hydroxyl groups is 1. The van der Waals surface area contributed by atoms with E-state index in [9.17, 15) is 18.3 Å². The molecule has 0 aliphatic carbocycles. The van der Waals surface area contributed by atoms with Gasteiger partial charge in [-0.1, -0.05) is 18.2 Å². The SMILES string of the molecule is CN1CCN(Cc2cnn(-c3ccccc3)c2)CC1CCO.O=C(O)C(F)(F)F. The van der Waals surface area contributed by atoms with Crippen molar-refractivity contribution in [2.45, 2.75) is 25.2 Å². The topological polar surface area (TPSA) is 81.8 Å². The minimum Gasteiger partial charge on any atom is -0.475 e. The maximum atomic E-state index is 10.6. The summed E-state index contributed by atoms with van der Waals surface area (Å²) >= 11 is 0. The molecule has 2 aromatic rings. The number of aliphatic carboxylic acids is 1. The zero-order chi connectivity index (χ0) is 21.4. The Morgan fingerprint density at radius 3 is 2.48 bits per heavy atom. The highest BCUT2D eigenvalue weighted by Gasteiger charge is 2.38. The van der Waals surface area contributed by atoms with Crippen LogP contribution in [0.2, 0.25) is 0 Å². The number of halogens is 3. The largest absolute Gasteiger partial charge is 0.490 e. The third-order valence-electron chi connectivity index (χ3n) is 4.63. The van der Waals surface area contributed by atoms with Gasteiger partial charge in [0.2, 0.25) is 0 Å². The molecule has 0 bridgehead atoms. The van der Waals surface area contributed by atoms with E-state index in [1.807, 2.05) is 29.1 Å². The molecule has 1 aromatic carbocycles. The first-order chi connectivity index (χ1) is 13.7. The predicted molar refractivity (Wildman–Crippen MR) is 101 cm³/mol. The number of carboxylic acids is 1. The van der Waals surface area contributed by atoms with Gasteiger partial charge >= 0.3 is 12.1 Å². The zero-order valence-electron chi connectivity index (χ0n) is 16.1. The van der Waals surface area contributed by atoms with Crippen LogP contribution in [-0.4, -0.2) is 81.3 Å². The van der Waals surface area contributed by atoms with E-state index in [1.165, 1.54) is 5.56 Å². The second-order valence-corrected chi connectivity index (χ2v) is 6.81. The van der Waals surface area contributed by atoms with E-state index in [0.717, 1.165) is 38.3 Å². The fourth-order valence-corrected chi connectivity index (χ4v) is 3.04. The van der Waals surface area contributed by atoms with Gasteiger partial charge in [-0.05, 0) is 25.6 Å². The van der Waals surface area contributed by atoms with Crippen molar-refractivity contribution in [2.24, 2.45) is 0 Å². The molecule has 1 unspecified atom stereocenters. The monoisotopic (exact) mass is 414 g/mol. The average Bonchev–Trinajstić information content (AvgIpc) is 3.14. The number of piperazine rings is 1. The van der Waals surface area contributed by atoms with Crippen LogP contribution in [0.3, 0.4) is 0 Å². The molecule has 1 aliphatic heterocycles. The summed E-state index contributed by atoms with van der Waals surface area (Å²) in [5.74, 6) is -2.76. The van der Waals surface area contributed by atoms with Crippen molar-refractivity contribution in [3.63, 3.8) is 0 Å². The van der Waals surface area contributed by atoms with Crippen LogP contribution in [-0.2, 0) is 11.3 Å². The number of benzene rings is 1. The molecule has 1 aliphatic rings. The minimum absolute atomic E-state index is 0.259. The zero-order valence-corrected chi connectivity index (χ0v) is 16.1. The Morgan fingerprint density at radius 2 is 1.90 bits per heavy atom. The van der Waals surface area contributed by atoms with Gasteiger partial charge < -0.3 is 15.1 Å². The van der Waals surface area contributed by atoms with Gasteiger partial charge in [-0.25, -0.2) is 9.48 Å². The lowest BCUT2D eigenvalue weighted by Crippen LogP contribution is -2.51. The summed E-state index contributed by atoms with van der Waals surface area (Å²) in [7, 11) is 2.14. The predicted octanol–water partition coefficient (Wildman–Crippen LogP) is 2.00. The molecule has 0 amide bonds. The molecule has 0 saturated carbocycles. The normalized spacial score (nSPS) is 18.2. The number of para-hydroxylation sites is 1. The number of nitrogens with zero attached hydrogens (tertiary/aromatic N) is 4. The van der Waals surface area contributed by atoms with Crippen LogP contribution in [0.1, 0.15) is 12.0 Å². The van der Waals surface area contributed by atoms with Crippen molar-refractivity contribution >= 4 is 5.97 Å². The van der Waals surface area contributed by atoms with Gasteiger partial charge in [-0.2, -0.15) is 18.3 Å². The molecule has 160 valence electrons. The van der Waals surface area contributed by atoms with E-state index in [0.29, 0.717) is 6.04 Å². The minimum atomic E-state index is -5.08. The van der Waals surface area contributed by atoms with Gasteiger partial charge in [0.1, 0.15) is 0 Å². The van der Waals surface area contributed by atoms with E-state index in [4.69, 9.17) is 9.90 Å². The summed E-state index contributed by atoms with van der Waals surface area (Å²) in [4.78, 5) is 13.7. The van der Waals surface area contributed by atoms with Gasteiger partial charge in [0.05, 0.1) is 11.9 Å². The quantitative estimate of drug-likeness (QED) is 0.779. The van der Waals surface area contributed by atoms with Gasteiger partial charge in [-0.3, -0.25) is 4.90 Å². The molecular weight excluding hydrogens is 389 g/mol. The van der Waals surface area contributed by atoms with Crippen LogP contribution < -0.4 is 0 Å². The van der Waals surface area contributed by atoms with Crippen molar-refractivity contribution in [1.29, 1.82) is 0 Å². The van der Waals surface area contributed by atoms with E-state index in [-0.39, 0.29) is 6.61 Å². The van der Waals surface area contributed by atoms with Gasteiger partial charge in [-0.15, -0.1) is 0 Å². The van der Waals surface area contributed by atoms with Crippen LogP contribution in [0.15, 0.2) is 42.7 Å². The molecule has 10 heteroatoms. The molecule has 1 saturated heterocycles. The number of rotatable bonds is 5. The first kappa shape index (κ1) is 22.9. The number of carbonyl (C=O) groups is 1. The van der Waals surface area contributed by atoms with E-state index in [1.54, 1.807) is 0 Å². The van der Waals surface area contributed by atoms with Crippen LogP contribution in [0, 0.1) is 0 Å². The van der Waals surface area contributed by atoms with Crippen molar-refractivity contribution in [2.75, 3.05) is 33.3 Å². The first-order valence-electron chi connectivity index (χ1n) is 9.13. The third-order valence-corrected chi connectivity index (χ3v) is 4.63. The van der Waals surface area contributed by atoms with Crippen molar-refractivity contribution in [3.05, 3.63) is 48.3 Å². The smallest absolute Gasteiger partial charge is 0.475 e. The van der Waals surface area contributed by atoms with Crippen LogP contribution in [0.5, 0.6) is 0 Å². The Hall–Kier alpha value is -2.43. The van der Waals surface area contributed by atoms with Crippen LogP contribution in [0.4, 0.5) is 13.2 Å². The Morgan fingerprint density at radius 1 is 1.24 bits per heavy atom. The molecule has 3 rings (SSSR count). The van der Waals surface area contributed by atoms with Crippen LogP contribution >= 0.6 is 0 Å². The number of carboxylic acid groups (broad SMARTS) is 1. The van der Waals surface area contributed by atoms with E-state index >= 15 is 0 Å². The fraction of sp³-hybridized carbons (Fsp3) is 0.474. The molecule has 0 radical (unpaired) electrons. The summed E-state index contributed by atoms with van der Waals surface area (Å²) in [5.41, 5.74) is 2.32. The molecule has 2 N–H and O–H groups in total. The number of aromatic nitrogens is 2. The number of hydrogen-bond acceptors (Lipinski definition) is 5. The Kier molecular flexibility index (Phi) is 8.18. The molecule has 29 heavy (non-hydrogen) atoms. The summed E-state index contributed by atoms with van der Waals surface area (Å²) in [6.07, 6.45) is -0.183. The second-order valence-electron chi connectivity index (χ2n) is 6.81. The molecule has 2 heterocycles. The summed E-state index contributed by atoms with van der Waals surface area (Å²) < 4.78 is 33.7. The standard InChI is InChI=1S/C17H24N4O.C2HF3O2/c1-19-8-9-20(14-17(19)7-10-22)12-15-11-18-21(13-15)16-5-3-2-4-6-16;3-2(4,5)1(6)7/h2-6,11,13,17,22H,7-10,12,14H2,1H3;(H,6,7). The van der Waals surface area contributed by atoms with Crippen LogP contribution in [0.25, 0.3) is 5.69 Å². The Balaban J connectivity index is 0.000000370. The van der Waals surface area contributed by atoms with Crippen molar-refractivity contribution < 1.29 is 28.2 Å². The molecule has 1 aromatic heterocycles. The molecule has 7 nitrogen and oxygen atoms in total. The fourth-order valence-electron chi connectivity index (χ4n) is 3.04. The van der Waals surface area contributed by atoms with E-state index < -0.39 is 12.1 Å². The Labute approximate surface area is 167 Å². The maximum Gasteiger partial charge on any atom is 0.490 e. The lowest BCUT2D eigenvalue weighted by atomic mass is 10.1. The average molecular weight is 414 g/mol. The van der Waals surface area contributed by atoms with Crippen molar-refractivity contribution in [3.8, 4) is 5.69 Å². The number of hydrogen-bond donors (Lipinski definition) is 2. The molecule has 0 spiro atoms. The number of aliphatic hydroxyl groups excluding tert-OH is 1. The van der Waals surface area contributed by atoms with E-state index in [2.05, 4.69) is 40.3 Å². The number of alkyl halides is 3. The third kappa shape index (κ3) is 7.15. The second kappa shape index (κ2) is 10.4. The molecular formula is C19H25F3N4O3. The first-order valence-corrected chi connectivity index (χ1v) is 9.13. The lowest BCUT2D eigenvalue weighted by molar-refractivity contribution is -0.192. The summed E-state index contributed by atoms with van der Waals surface area (Å²) in [5, 5.41) is 20.8. The van der Waals surface area contributed by atoms with Gasteiger partial charge in [0.25, 0.3) is 0 Å². The highest BCUT2D eigenvalue weighted by atomic mass is 19.4. The molecule has 1 fully saturated rings. The highest BCUT2D eigenvalue weighted by molar-refractivity contribution is 5.73. The number of likely N-dealkylation sites (N-methyl/N-ethyl adjacent to an activating group) is 1. The lowest BCUT2D eigenvalue weighted by Gasteiger charge is -2.39. The molecule has 1 atom stereocenters. The van der Waals surface area contributed by atoms with Crippen molar-refractivity contribution in [1.82, 2.24) is 19.6 Å². The summed E-state index contributed by atoms with van der Waals surface area (Å²) in [6.45, 7) is 4.30. The summed E-state index contributed by atoms with van der Waals surface area (Å²) in [6, 6.07) is 10.6.